The minimum Gasteiger partial charge on any atom is -0.466 e. The number of carbonyl (C=O) groups is 2. The molecule has 0 spiro atoms. The van der Waals surface area contributed by atoms with Crippen LogP contribution in [0.25, 0.3) is 0 Å². The van der Waals surface area contributed by atoms with Gasteiger partial charge in [0.25, 0.3) is 0 Å². The number of hydrogen-bond donors (Lipinski definition) is 0. The molecule has 2 rings (SSSR count). The molecule has 2 aliphatic carbocycles. The van der Waals surface area contributed by atoms with Crippen molar-refractivity contribution >= 4 is 11.8 Å². The summed E-state index contributed by atoms with van der Waals surface area (Å²) in [4.78, 5) is 23.7. The number of ketones is 1. The summed E-state index contributed by atoms with van der Waals surface area (Å²) in [7, 11) is 1.45. The standard InChI is InChI=1S/C19H30O3/c1-13(20)7-9-15-14(17(21)22-5)8-10-16-18(2,3)11-6-12-19(15,16)4/h8,15-16H,6-7,9-12H2,1-5H3/t15-,16?,19+/m0/s1. The first-order valence-electron chi connectivity index (χ1n) is 8.50. The number of allylic oxidation sites excluding steroid dienone is 1. The van der Waals surface area contributed by atoms with Crippen LogP contribution in [0.3, 0.4) is 0 Å². The summed E-state index contributed by atoms with van der Waals surface area (Å²) >= 11 is 0. The van der Waals surface area contributed by atoms with Crippen molar-refractivity contribution in [3.05, 3.63) is 11.6 Å². The Balaban J connectivity index is 2.39. The van der Waals surface area contributed by atoms with Gasteiger partial charge in [0.2, 0.25) is 0 Å². The highest BCUT2D eigenvalue weighted by Crippen LogP contribution is 2.60. The summed E-state index contributed by atoms with van der Waals surface area (Å²) in [6.07, 6.45) is 7.93. The van der Waals surface area contributed by atoms with Crippen LogP contribution in [0.15, 0.2) is 11.6 Å². The van der Waals surface area contributed by atoms with Gasteiger partial charge in [-0.15, -0.1) is 0 Å². The monoisotopic (exact) mass is 306 g/mol. The summed E-state index contributed by atoms with van der Waals surface area (Å²) in [5, 5.41) is 0. The molecular formula is C19H30O3. The summed E-state index contributed by atoms with van der Waals surface area (Å²) < 4.78 is 5.01. The van der Waals surface area contributed by atoms with E-state index in [-0.39, 0.29) is 23.1 Å². The summed E-state index contributed by atoms with van der Waals surface area (Å²) in [5.41, 5.74) is 1.19. The van der Waals surface area contributed by atoms with E-state index in [0.717, 1.165) is 24.8 Å². The van der Waals surface area contributed by atoms with Crippen molar-refractivity contribution in [3.8, 4) is 0 Å². The van der Waals surface area contributed by atoms with Crippen LogP contribution in [0, 0.1) is 22.7 Å². The molecule has 1 fully saturated rings. The maximum atomic E-state index is 12.2. The predicted octanol–water partition coefficient (Wildman–Crippen LogP) is 4.31. The molecule has 0 aromatic carbocycles. The van der Waals surface area contributed by atoms with Crippen molar-refractivity contribution in [3.63, 3.8) is 0 Å². The number of carbonyl (C=O) groups excluding carboxylic acids is 2. The molecule has 2 aliphatic rings. The van der Waals surface area contributed by atoms with Crippen LogP contribution >= 0.6 is 0 Å². The van der Waals surface area contributed by atoms with Gasteiger partial charge in [0.05, 0.1) is 7.11 Å². The lowest BCUT2D eigenvalue weighted by atomic mass is 9.48. The van der Waals surface area contributed by atoms with E-state index < -0.39 is 0 Å². The van der Waals surface area contributed by atoms with E-state index >= 15 is 0 Å². The summed E-state index contributed by atoms with van der Waals surface area (Å²) in [5.74, 6) is 0.697. The Hall–Kier alpha value is -1.12. The molecule has 22 heavy (non-hydrogen) atoms. The maximum absolute atomic E-state index is 12.2. The molecule has 0 amide bonds. The second-order valence-corrected chi connectivity index (χ2v) is 8.08. The fourth-order valence-corrected chi connectivity index (χ4v) is 5.09. The Morgan fingerprint density at radius 3 is 2.55 bits per heavy atom. The molecule has 3 atom stereocenters. The maximum Gasteiger partial charge on any atom is 0.333 e. The number of hydrogen-bond acceptors (Lipinski definition) is 3. The highest BCUT2D eigenvalue weighted by molar-refractivity contribution is 5.89. The van der Waals surface area contributed by atoms with Crippen LogP contribution in [0.1, 0.15) is 66.2 Å². The van der Waals surface area contributed by atoms with Crippen LogP contribution < -0.4 is 0 Å². The minimum atomic E-state index is -0.211. The number of methoxy groups -OCH3 is 1. The third kappa shape index (κ3) is 3.00. The summed E-state index contributed by atoms with van der Waals surface area (Å²) in [6, 6.07) is 0. The second-order valence-electron chi connectivity index (χ2n) is 8.08. The minimum absolute atomic E-state index is 0.0927. The average molecular weight is 306 g/mol. The Labute approximate surface area is 134 Å². The smallest absolute Gasteiger partial charge is 0.333 e. The molecule has 0 bridgehead atoms. The molecular weight excluding hydrogens is 276 g/mol. The zero-order valence-electron chi connectivity index (χ0n) is 14.7. The lowest BCUT2D eigenvalue weighted by Crippen LogP contribution is -2.49. The molecule has 3 nitrogen and oxygen atoms in total. The van der Waals surface area contributed by atoms with E-state index in [0.29, 0.717) is 17.8 Å². The van der Waals surface area contributed by atoms with Gasteiger partial charge < -0.3 is 9.53 Å². The fourth-order valence-electron chi connectivity index (χ4n) is 5.09. The quantitative estimate of drug-likeness (QED) is 0.727. The van der Waals surface area contributed by atoms with Gasteiger partial charge in [-0.1, -0.05) is 33.3 Å². The number of Topliss-reactive ketones (excluding diaryl/α,β-unsaturated/α-hetero) is 1. The van der Waals surface area contributed by atoms with Crippen LogP contribution in [-0.4, -0.2) is 18.9 Å². The molecule has 0 N–H and O–H groups in total. The van der Waals surface area contributed by atoms with Crippen LogP contribution in [0.5, 0.6) is 0 Å². The Bertz CT molecular complexity index is 489. The van der Waals surface area contributed by atoms with E-state index in [2.05, 4.69) is 26.8 Å². The highest BCUT2D eigenvalue weighted by atomic mass is 16.5. The van der Waals surface area contributed by atoms with E-state index in [1.54, 1.807) is 6.92 Å². The molecule has 1 unspecified atom stereocenters. The van der Waals surface area contributed by atoms with Gasteiger partial charge in [0.1, 0.15) is 5.78 Å². The van der Waals surface area contributed by atoms with Crippen molar-refractivity contribution < 1.29 is 14.3 Å². The molecule has 0 heterocycles. The average Bonchev–Trinajstić information content (AvgIpc) is 2.43. The number of rotatable bonds is 4. The molecule has 1 saturated carbocycles. The number of ether oxygens (including phenoxy) is 1. The van der Waals surface area contributed by atoms with E-state index in [9.17, 15) is 9.59 Å². The molecule has 0 radical (unpaired) electrons. The Kier molecular flexibility index (Phi) is 4.84. The molecule has 0 saturated heterocycles. The SMILES string of the molecule is COC(=O)C1=CCC2C(C)(C)CCC[C@]2(C)[C@H]1CCC(C)=O. The van der Waals surface area contributed by atoms with Gasteiger partial charge in [0.15, 0.2) is 0 Å². The third-order valence-electron chi connectivity index (χ3n) is 6.23. The van der Waals surface area contributed by atoms with Crippen molar-refractivity contribution in [2.45, 2.75) is 66.2 Å². The number of fused-ring (bicyclic) bond motifs is 1. The predicted molar refractivity (Wildman–Crippen MR) is 87.4 cm³/mol. The van der Waals surface area contributed by atoms with Crippen LogP contribution in [0.2, 0.25) is 0 Å². The van der Waals surface area contributed by atoms with Crippen LogP contribution in [-0.2, 0) is 14.3 Å². The van der Waals surface area contributed by atoms with Gasteiger partial charge in [-0.05, 0) is 55.3 Å². The Morgan fingerprint density at radius 1 is 1.27 bits per heavy atom. The van der Waals surface area contributed by atoms with Gasteiger partial charge in [-0.25, -0.2) is 4.79 Å². The van der Waals surface area contributed by atoms with Gasteiger partial charge in [-0.3, -0.25) is 0 Å². The van der Waals surface area contributed by atoms with Gasteiger partial charge in [0, 0.05) is 12.0 Å². The van der Waals surface area contributed by atoms with Crippen LogP contribution in [0.4, 0.5) is 0 Å². The van der Waals surface area contributed by atoms with Crippen molar-refractivity contribution in [1.82, 2.24) is 0 Å². The molecule has 0 aromatic rings. The molecule has 3 heteroatoms. The van der Waals surface area contributed by atoms with Crippen molar-refractivity contribution in [1.29, 1.82) is 0 Å². The summed E-state index contributed by atoms with van der Waals surface area (Å²) in [6.45, 7) is 8.68. The second kappa shape index (κ2) is 6.17. The molecule has 124 valence electrons. The van der Waals surface area contributed by atoms with Gasteiger partial charge in [-0.2, -0.15) is 0 Å². The Morgan fingerprint density at radius 2 is 1.95 bits per heavy atom. The molecule has 0 aliphatic heterocycles. The lowest BCUT2D eigenvalue weighted by molar-refractivity contribution is -0.139. The normalized spacial score (nSPS) is 33.6. The van der Waals surface area contributed by atoms with Gasteiger partial charge >= 0.3 is 5.97 Å². The van der Waals surface area contributed by atoms with E-state index in [1.165, 1.54) is 20.0 Å². The number of esters is 1. The molecule has 0 aromatic heterocycles. The third-order valence-corrected chi connectivity index (χ3v) is 6.23. The highest BCUT2D eigenvalue weighted by Gasteiger charge is 2.53. The first-order chi connectivity index (χ1) is 10.2. The van der Waals surface area contributed by atoms with Crippen molar-refractivity contribution in [2.24, 2.45) is 22.7 Å². The zero-order valence-corrected chi connectivity index (χ0v) is 14.7. The van der Waals surface area contributed by atoms with E-state index in [1.807, 2.05) is 0 Å². The van der Waals surface area contributed by atoms with E-state index in [4.69, 9.17) is 4.74 Å². The topological polar surface area (TPSA) is 43.4 Å². The first kappa shape index (κ1) is 17.2. The largest absolute Gasteiger partial charge is 0.466 e. The fraction of sp³-hybridized carbons (Fsp3) is 0.789. The lowest BCUT2D eigenvalue weighted by Gasteiger charge is -2.56. The first-order valence-corrected chi connectivity index (χ1v) is 8.50. The van der Waals surface area contributed by atoms with Crippen molar-refractivity contribution in [2.75, 3.05) is 7.11 Å². The zero-order chi connectivity index (χ0) is 16.5.